The van der Waals surface area contributed by atoms with Crippen LogP contribution in [0.5, 0.6) is 0 Å². The van der Waals surface area contributed by atoms with Crippen molar-refractivity contribution in [2.24, 2.45) is 5.92 Å². The molecule has 0 spiro atoms. The molecule has 0 aliphatic carbocycles. The van der Waals surface area contributed by atoms with Crippen LogP contribution in [-0.4, -0.2) is 25.2 Å². The van der Waals surface area contributed by atoms with Gasteiger partial charge in [-0.1, -0.05) is 6.92 Å². The summed E-state index contributed by atoms with van der Waals surface area (Å²) in [6.07, 6.45) is 0.649. The molecule has 2 unspecified atom stereocenters. The van der Waals surface area contributed by atoms with Crippen LogP contribution in [0.4, 0.5) is 0 Å². The van der Waals surface area contributed by atoms with Crippen molar-refractivity contribution in [1.82, 2.24) is 0 Å². The molecule has 0 amide bonds. The molecule has 1 aliphatic rings. The van der Waals surface area contributed by atoms with E-state index in [0.717, 1.165) is 6.42 Å². The Labute approximate surface area is 70.8 Å². The Morgan fingerprint density at radius 3 is 2.75 bits per heavy atom. The average molecular weight is 172 g/mol. The highest BCUT2D eigenvalue weighted by Gasteiger charge is 2.42. The molecule has 0 aromatic carbocycles. The maximum Gasteiger partial charge on any atom is 0.313 e. The summed E-state index contributed by atoms with van der Waals surface area (Å²) in [7, 11) is 1.32. The van der Waals surface area contributed by atoms with E-state index in [2.05, 4.69) is 4.74 Å². The standard InChI is InChI=1S/C8H12O4/c1-3-5-6(12-8(5)10)4-7(9)11-2/h5-6H,3-4H2,1-2H3. The van der Waals surface area contributed by atoms with Gasteiger partial charge in [-0.3, -0.25) is 9.59 Å². The quantitative estimate of drug-likeness (QED) is 0.582. The molecule has 12 heavy (non-hydrogen) atoms. The van der Waals surface area contributed by atoms with Gasteiger partial charge in [-0.2, -0.15) is 0 Å². The zero-order valence-corrected chi connectivity index (χ0v) is 7.20. The first kappa shape index (κ1) is 9.03. The first-order chi connectivity index (χ1) is 5.69. The molecular weight excluding hydrogens is 160 g/mol. The Hall–Kier alpha value is -1.06. The van der Waals surface area contributed by atoms with Crippen molar-refractivity contribution in [2.75, 3.05) is 7.11 Å². The summed E-state index contributed by atoms with van der Waals surface area (Å²) in [6.45, 7) is 1.90. The van der Waals surface area contributed by atoms with Gasteiger partial charge in [0.15, 0.2) is 0 Å². The molecule has 1 fully saturated rings. The van der Waals surface area contributed by atoms with Crippen LogP contribution in [0, 0.1) is 5.92 Å². The first-order valence-corrected chi connectivity index (χ1v) is 3.96. The minimum Gasteiger partial charge on any atom is -0.469 e. The lowest BCUT2D eigenvalue weighted by Gasteiger charge is -2.33. The van der Waals surface area contributed by atoms with E-state index in [1.165, 1.54) is 7.11 Å². The third-order valence-corrected chi connectivity index (χ3v) is 2.05. The molecule has 0 radical (unpaired) electrons. The van der Waals surface area contributed by atoms with Gasteiger partial charge < -0.3 is 9.47 Å². The van der Waals surface area contributed by atoms with Crippen molar-refractivity contribution in [2.45, 2.75) is 25.9 Å². The SMILES string of the molecule is CCC1C(=O)OC1CC(=O)OC. The van der Waals surface area contributed by atoms with E-state index in [4.69, 9.17) is 4.74 Å². The highest BCUT2D eigenvalue weighted by Crippen LogP contribution is 2.27. The van der Waals surface area contributed by atoms with Gasteiger partial charge in [0, 0.05) is 0 Å². The predicted molar refractivity (Wildman–Crippen MR) is 40.3 cm³/mol. The molecule has 0 saturated carbocycles. The normalized spacial score (nSPS) is 27.3. The maximum atomic E-state index is 10.8. The molecule has 1 aliphatic heterocycles. The molecule has 4 heteroatoms. The summed E-state index contributed by atoms with van der Waals surface area (Å²) in [5, 5.41) is 0. The fraction of sp³-hybridized carbons (Fsp3) is 0.750. The highest BCUT2D eigenvalue weighted by atomic mass is 16.6. The van der Waals surface area contributed by atoms with Gasteiger partial charge in [0.05, 0.1) is 19.4 Å². The van der Waals surface area contributed by atoms with E-state index >= 15 is 0 Å². The molecule has 0 aromatic rings. The van der Waals surface area contributed by atoms with E-state index in [0.29, 0.717) is 0 Å². The Kier molecular flexibility index (Phi) is 2.68. The monoisotopic (exact) mass is 172 g/mol. The molecule has 1 heterocycles. The summed E-state index contributed by atoms with van der Waals surface area (Å²) in [4.78, 5) is 21.5. The van der Waals surface area contributed by atoms with E-state index < -0.39 is 0 Å². The fourth-order valence-electron chi connectivity index (χ4n) is 1.26. The molecule has 0 aromatic heterocycles. The number of carbonyl (C=O) groups excluding carboxylic acids is 2. The Bertz CT molecular complexity index is 199. The second-order valence-corrected chi connectivity index (χ2v) is 2.77. The van der Waals surface area contributed by atoms with Crippen LogP contribution in [-0.2, 0) is 19.1 Å². The number of carbonyl (C=O) groups is 2. The van der Waals surface area contributed by atoms with Gasteiger partial charge >= 0.3 is 11.9 Å². The Morgan fingerprint density at radius 1 is 1.67 bits per heavy atom. The molecule has 0 bridgehead atoms. The van der Waals surface area contributed by atoms with Crippen LogP contribution in [0.15, 0.2) is 0 Å². The van der Waals surface area contributed by atoms with Crippen molar-refractivity contribution in [3.63, 3.8) is 0 Å². The zero-order chi connectivity index (χ0) is 9.14. The molecular formula is C8H12O4. The van der Waals surface area contributed by atoms with Crippen LogP contribution < -0.4 is 0 Å². The van der Waals surface area contributed by atoms with Crippen LogP contribution in [0.1, 0.15) is 19.8 Å². The summed E-state index contributed by atoms with van der Waals surface area (Å²) < 4.78 is 9.23. The molecule has 1 saturated heterocycles. The molecule has 1 rings (SSSR count). The summed E-state index contributed by atoms with van der Waals surface area (Å²) in [5.74, 6) is -0.638. The third-order valence-electron chi connectivity index (χ3n) is 2.05. The van der Waals surface area contributed by atoms with Crippen LogP contribution in [0.3, 0.4) is 0 Å². The van der Waals surface area contributed by atoms with Crippen LogP contribution in [0.25, 0.3) is 0 Å². The van der Waals surface area contributed by atoms with Crippen LogP contribution in [0.2, 0.25) is 0 Å². The minimum atomic E-state index is -0.328. The second-order valence-electron chi connectivity index (χ2n) is 2.77. The fourth-order valence-corrected chi connectivity index (χ4v) is 1.26. The van der Waals surface area contributed by atoms with Crippen molar-refractivity contribution in [3.8, 4) is 0 Å². The van der Waals surface area contributed by atoms with Gasteiger partial charge in [0.1, 0.15) is 6.10 Å². The number of cyclic esters (lactones) is 1. The zero-order valence-electron chi connectivity index (χ0n) is 7.20. The number of hydrogen-bond donors (Lipinski definition) is 0. The summed E-state index contributed by atoms with van der Waals surface area (Å²) >= 11 is 0. The number of esters is 2. The van der Waals surface area contributed by atoms with Crippen molar-refractivity contribution >= 4 is 11.9 Å². The number of ether oxygens (including phenoxy) is 2. The first-order valence-electron chi connectivity index (χ1n) is 3.96. The van der Waals surface area contributed by atoms with Gasteiger partial charge in [-0.15, -0.1) is 0 Å². The molecule has 0 N–H and O–H groups in total. The van der Waals surface area contributed by atoms with Gasteiger partial charge in [0.2, 0.25) is 0 Å². The second kappa shape index (κ2) is 3.56. The molecule has 68 valence electrons. The van der Waals surface area contributed by atoms with Crippen molar-refractivity contribution < 1.29 is 19.1 Å². The predicted octanol–water partition coefficient (Wildman–Crippen LogP) is 0.501. The van der Waals surface area contributed by atoms with Crippen LogP contribution >= 0.6 is 0 Å². The van der Waals surface area contributed by atoms with Gasteiger partial charge in [-0.05, 0) is 6.42 Å². The minimum absolute atomic E-state index is 0.107. The summed E-state index contributed by atoms with van der Waals surface area (Å²) in [5.41, 5.74) is 0. The number of hydrogen-bond acceptors (Lipinski definition) is 4. The smallest absolute Gasteiger partial charge is 0.313 e. The Morgan fingerprint density at radius 2 is 2.33 bits per heavy atom. The number of methoxy groups -OCH3 is 1. The lowest BCUT2D eigenvalue weighted by atomic mass is 9.92. The lowest BCUT2D eigenvalue weighted by Crippen LogP contribution is -2.45. The van der Waals surface area contributed by atoms with Gasteiger partial charge in [-0.25, -0.2) is 0 Å². The lowest BCUT2D eigenvalue weighted by molar-refractivity contribution is -0.187. The third kappa shape index (κ3) is 1.57. The molecule has 2 atom stereocenters. The van der Waals surface area contributed by atoms with E-state index in [1.54, 1.807) is 0 Å². The van der Waals surface area contributed by atoms with Crippen molar-refractivity contribution in [1.29, 1.82) is 0 Å². The highest BCUT2D eigenvalue weighted by molar-refractivity contribution is 5.81. The van der Waals surface area contributed by atoms with Gasteiger partial charge in [0.25, 0.3) is 0 Å². The maximum absolute atomic E-state index is 10.8. The topological polar surface area (TPSA) is 52.6 Å². The van der Waals surface area contributed by atoms with E-state index in [9.17, 15) is 9.59 Å². The largest absolute Gasteiger partial charge is 0.469 e. The Balaban J connectivity index is 2.36. The number of rotatable bonds is 3. The van der Waals surface area contributed by atoms with E-state index in [1.807, 2.05) is 6.92 Å². The van der Waals surface area contributed by atoms with E-state index in [-0.39, 0.29) is 30.4 Å². The average Bonchev–Trinajstić information content (AvgIpc) is 2.04. The van der Waals surface area contributed by atoms with Crippen molar-refractivity contribution in [3.05, 3.63) is 0 Å². The summed E-state index contributed by atoms with van der Waals surface area (Å²) in [6, 6.07) is 0. The molecule has 4 nitrogen and oxygen atoms in total.